The summed E-state index contributed by atoms with van der Waals surface area (Å²) < 4.78 is 21.9. The van der Waals surface area contributed by atoms with E-state index in [1.807, 2.05) is 79.4 Å². The first-order valence-corrected chi connectivity index (χ1v) is 19.5. The van der Waals surface area contributed by atoms with Gasteiger partial charge < -0.3 is 39.0 Å². The van der Waals surface area contributed by atoms with Gasteiger partial charge in [-0.05, 0) is 131 Å². The second-order valence-corrected chi connectivity index (χ2v) is 16.2. The Hall–Kier alpha value is -4.97. The smallest absolute Gasteiger partial charge is 0.408 e. The SMILES string of the molecule is COC(=O)CN(C(=O)CNC(=O)OC(C)(C)C)C1CCC(CN(C)c2ccc(N3C(=O)Cc4cc(OC)c(OC(C)C)cc4[C@@H]3c3ccc(Cl)cc3)cc2)CC1. The second-order valence-electron chi connectivity index (χ2n) is 15.8. The third kappa shape index (κ3) is 10.7. The van der Waals surface area contributed by atoms with Crippen molar-refractivity contribution in [3.63, 3.8) is 0 Å². The number of ether oxygens (including phenoxy) is 4. The Kier molecular flexibility index (Phi) is 13.8. The van der Waals surface area contributed by atoms with Gasteiger partial charge >= 0.3 is 12.1 Å². The number of amides is 3. The molecule has 1 N–H and O–H groups in total. The molecule has 0 radical (unpaired) electrons. The lowest BCUT2D eigenvalue weighted by Gasteiger charge is -2.39. The summed E-state index contributed by atoms with van der Waals surface area (Å²) in [6, 6.07) is 19.0. The van der Waals surface area contributed by atoms with Crippen LogP contribution in [-0.4, -0.2) is 87.4 Å². The number of benzene rings is 3. The minimum atomic E-state index is -0.698. The molecular weight excluding hydrogens is 736 g/mol. The standard InChI is InChI=1S/C43H55ClN4O8/c1-27(2)55-37-23-35-30(21-36(37)53-7)22-38(49)48(41(35)29-11-13-31(44)14-12-29)34-19-17-32(18-20-34)46(6)25-28-9-15-33(16-10-28)47(26-40(51)54-8)39(50)24-45-42(52)56-43(3,4)5/h11-14,17-21,23,27-28,33,41H,9-10,15-16,22,24-26H2,1-8H3,(H,45,52)/t28?,33?,41-/m0/s1. The molecule has 3 amide bonds. The normalized spacial score (nSPS) is 18.1. The molecule has 0 unspecified atom stereocenters. The van der Waals surface area contributed by atoms with E-state index >= 15 is 0 Å². The first-order chi connectivity index (χ1) is 26.6. The number of alkyl carbamates (subject to hydrolysis) is 1. The summed E-state index contributed by atoms with van der Waals surface area (Å²) in [5.41, 5.74) is 3.86. The summed E-state index contributed by atoms with van der Waals surface area (Å²) >= 11 is 6.30. The third-order valence-electron chi connectivity index (χ3n) is 10.1. The maximum absolute atomic E-state index is 14.0. The van der Waals surface area contributed by atoms with E-state index in [1.165, 1.54) is 12.0 Å². The fourth-order valence-electron chi connectivity index (χ4n) is 7.52. The van der Waals surface area contributed by atoms with Crippen LogP contribution in [0.1, 0.15) is 83.0 Å². The molecule has 13 heteroatoms. The Balaban J connectivity index is 1.28. The van der Waals surface area contributed by atoms with Crippen LogP contribution >= 0.6 is 11.6 Å². The number of halogens is 1. The van der Waals surface area contributed by atoms with E-state index in [9.17, 15) is 19.2 Å². The molecule has 0 saturated heterocycles. The molecule has 2 aliphatic rings. The molecule has 12 nitrogen and oxygen atoms in total. The molecule has 1 saturated carbocycles. The Bertz CT molecular complexity index is 1850. The molecule has 0 aromatic heterocycles. The van der Waals surface area contributed by atoms with Crippen LogP contribution in [0.5, 0.6) is 11.5 Å². The summed E-state index contributed by atoms with van der Waals surface area (Å²) in [4.78, 5) is 57.3. The monoisotopic (exact) mass is 790 g/mol. The highest BCUT2D eigenvalue weighted by molar-refractivity contribution is 6.30. The number of fused-ring (bicyclic) bond motifs is 1. The lowest BCUT2D eigenvalue weighted by Crippen LogP contribution is -2.50. The summed E-state index contributed by atoms with van der Waals surface area (Å²) in [5.74, 6) is 0.670. The van der Waals surface area contributed by atoms with Crippen LogP contribution < -0.4 is 24.6 Å². The number of carbonyl (C=O) groups is 4. The quantitative estimate of drug-likeness (QED) is 0.177. The fourth-order valence-corrected chi connectivity index (χ4v) is 7.64. The minimum absolute atomic E-state index is 0.0322. The van der Waals surface area contributed by atoms with Crippen molar-refractivity contribution in [3.05, 3.63) is 82.4 Å². The molecule has 1 aliphatic heterocycles. The molecule has 1 aliphatic carbocycles. The van der Waals surface area contributed by atoms with Crippen LogP contribution in [0.3, 0.4) is 0 Å². The number of carbonyl (C=O) groups excluding carboxylic acids is 4. The minimum Gasteiger partial charge on any atom is -0.493 e. The van der Waals surface area contributed by atoms with E-state index in [0.717, 1.165) is 47.5 Å². The summed E-state index contributed by atoms with van der Waals surface area (Å²) in [7, 11) is 4.95. The molecule has 3 aromatic carbocycles. The van der Waals surface area contributed by atoms with Gasteiger partial charge in [-0.25, -0.2) is 4.79 Å². The van der Waals surface area contributed by atoms with E-state index < -0.39 is 23.7 Å². The molecule has 0 bridgehead atoms. The van der Waals surface area contributed by atoms with Crippen molar-refractivity contribution in [1.82, 2.24) is 10.2 Å². The molecule has 1 fully saturated rings. The van der Waals surface area contributed by atoms with Crippen LogP contribution in [0.15, 0.2) is 60.7 Å². The number of hydrogen-bond acceptors (Lipinski definition) is 9. The molecule has 1 heterocycles. The van der Waals surface area contributed by atoms with Gasteiger partial charge in [-0.1, -0.05) is 23.7 Å². The second kappa shape index (κ2) is 18.3. The number of esters is 1. The molecular formula is C43H55ClN4O8. The van der Waals surface area contributed by atoms with Crippen molar-refractivity contribution in [2.45, 2.75) is 90.5 Å². The molecule has 1 atom stereocenters. The number of rotatable bonds is 13. The first kappa shape index (κ1) is 42.2. The largest absolute Gasteiger partial charge is 0.493 e. The number of methoxy groups -OCH3 is 2. The van der Waals surface area contributed by atoms with Gasteiger partial charge in [0, 0.05) is 36.0 Å². The van der Waals surface area contributed by atoms with Crippen molar-refractivity contribution in [3.8, 4) is 11.5 Å². The molecule has 5 rings (SSSR count). The summed E-state index contributed by atoms with van der Waals surface area (Å²) in [5, 5.41) is 3.12. The zero-order chi connectivity index (χ0) is 40.7. The Morgan fingerprint density at radius 3 is 2.20 bits per heavy atom. The topological polar surface area (TPSA) is 127 Å². The lowest BCUT2D eigenvalue weighted by molar-refractivity contribution is -0.148. The van der Waals surface area contributed by atoms with Crippen molar-refractivity contribution in [2.75, 3.05) is 50.7 Å². The highest BCUT2D eigenvalue weighted by atomic mass is 35.5. The highest BCUT2D eigenvalue weighted by Crippen LogP contribution is 2.44. The van der Waals surface area contributed by atoms with Crippen molar-refractivity contribution < 1.29 is 38.1 Å². The number of hydrogen-bond donors (Lipinski definition) is 1. The predicted octanol–water partition coefficient (Wildman–Crippen LogP) is 7.34. The Morgan fingerprint density at radius 2 is 1.61 bits per heavy atom. The van der Waals surface area contributed by atoms with Crippen LogP contribution in [-0.2, 0) is 30.3 Å². The van der Waals surface area contributed by atoms with Gasteiger partial charge in [0.2, 0.25) is 11.8 Å². The first-order valence-electron chi connectivity index (χ1n) is 19.2. The van der Waals surface area contributed by atoms with Crippen LogP contribution in [0.4, 0.5) is 16.2 Å². The number of nitrogens with one attached hydrogen (secondary N) is 1. The van der Waals surface area contributed by atoms with Crippen molar-refractivity contribution in [2.24, 2.45) is 5.92 Å². The predicted molar refractivity (Wildman–Crippen MR) is 217 cm³/mol. The fraction of sp³-hybridized carbons (Fsp3) is 0.488. The van der Waals surface area contributed by atoms with Crippen molar-refractivity contribution >= 4 is 46.9 Å². The van der Waals surface area contributed by atoms with Crippen LogP contribution in [0.25, 0.3) is 0 Å². The van der Waals surface area contributed by atoms with Gasteiger partial charge in [-0.2, -0.15) is 0 Å². The van der Waals surface area contributed by atoms with Crippen LogP contribution in [0.2, 0.25) is 5.02 Å². The molecule has 302 valence electrons. The highest BCUT2D eigenvalue weighted by Gasteiger charge is 2.37. The number of nitrogens with zero attached hydrogens (tertiary/aromatic N) is 3. The molecule has 56 heavy (non-hydrogen) atoms. The van der Waals surface area contributed by atoms with Gasteiger partial charge in [-0.15, -0.1) is 0 Å². The average molecular weight is 791 g/mol. The van der Waals surface area contributed by atoms with Gasteiger partial charge in [0.25, 0.3) is 0 Å². The number of anilines is 2. The maximum Gasteiger partial charge on any atom is 0.408 e. The molecule has 0 spiro atoms. The van der Waals surface area contributed by atoms with Gasteiger partial charge in [-0.3, -0.25) is 14.4 Å². The van der Waals surface area contributed by atoms with E-state index in [4.69, 9.17) is 30.5 Å². The van der Waals surface area contributed by atoms with Crippen LogP contribution in [0, 0.1) is 5.92 Å². The summed E-state index contributed by atoms with van der Waals surface area (Å²) in [6.45, 7) is 9.51. The lowest BCUT2D eigenvalue weighted by atomic mass is 9.84. The van der Waals surface area contributed by atoms with E-state index in [0.29, 0.717) is 35.3 Å². The van der Waals surface area contributed by atoms with E-state index in [1.54, 1.807) is 27.9 Å². The zero-order valence-corrected chi connectivity index (χ0v) is 34.5. The van der Waals surface area contributed by atoms with Gasteiger partial charge in [0.1, 0.15) is 18.7 Å². The Labute approximate surface area is 335 Å². The summed E-state index contributed by atoms with van der Waals surface area (Å²) in [6.07, 6.45) is 2.60. The average Bonchev–Trinajstić information content (AvgIpc) is 3.15. The van der Waals surface area contributed by atoms with Gasteiger partial charge in [0.15, 0.2) is 11.5 Å². The van der Waals surface area contributed by atoms with Gasteiger partial charge in [0.05, 0.1) is 32.8 Å². The third-order valence-corrected chi connectivity index (χ3v) is 10.4. The van der Waals surface area contributed by atoms with Crippen molar-refractivity contribution in [1.29, 1.82) is 0 Å². The van der Waals surface area contributed by atoms with E-state index in [2.05, 4.69) is 17.3 Å². The Morgan fingerprint density at radius 1 is 0.946 bits per heavy atom. The molecule has 3 aromatic rings. The zero-order valence-electron chi connectivity index (χ0n) is 33.7. The maximum atomic E-state index is 14.0. The van der Waals surface area contributed by atoms with E-state index in [-0.39, 0.29) is 43.5 Å².